The average molecular weight is 463 g/mol. The normalized spacial score (nSPS) is 15.6. The van der Waals surface area contributed by atoms with Crippen molar-refractivity contribution in [2.45, 2.75) is 46.2 Å². The van der Waals surface area contributed by atoms with Gasteiger partial charge in [0, 0.05) is 36.9 Å². The van der Waals surface area contributed by atoms with Crippen molar-refractivity contribution < 1.29 is 9.42 Å². The standard InChI is InChI=1S/C22H24N8O2.C2H6/c1-12(2)30-19-15(22(31)29-9-8-14(23)11-29)10-25-16(13-6-4-3-5-7-13)17(19)26-21(30)18-20(24)28-32-27-18;1-2/h3-7,10,12,14H,8-9,11,23H2,1-2H3,(H2,24,28);1-2H3. The summed E-state index contributed by atoms with van der Waals surface area (Å²) < 4.78 is 6.78. The number of nitrogens with zero attached hydrogens (tertiary/aromatic N) is 6. The summed E-state index contributed by atoms with van der Waals surface area (Å²) in [6.45, 7) is 9.16. The van der Waals surface area contributed by atoms with Crippen molar-refractivity contribution in [1.29, 1.82) is 0 Å². The lowest BCUT2D eigenvalue weighted by atomic mass is 10.1. The Morgan fingerprint density at radius 3 is 2.47 bits per heavy atom. The van der Waals surface area contributed by atoms with E-state index in [0.29, 0.717) is 46.9 Å². The maximum Gasteiger partial charge on any atom is 0.257 e. The number of nitrogen functional groups attached to an aromatic ring is 1. The molecule has 0 bridgehead atoms. The first kappa shape index (κ1) is 23.4. The van der Waals surface area contributed by atoms with Crippen molar-refractivity contribution in [1.82, 2.24) is 29.7 Å². The quantitative estimate of drug-likeness (QED) is 0.469. The zero-order valence-corrected chi connectivity index (χ0v) is 19.9. The monoisotopic (exact) mass is 462 g/mol. The highest BCUT2D eigenvalue weighted by Gasteiger charge is 2.31. The Kier molecular flexibility index (Phi) is 6.60. The number of pyridine rings is 1. The molecule has 1 atom stereocenters. The first-order valence-corrected chi connectivity index (χ1v) is 11.5. The Hall–Kier alpha value is -3.79. The molecule has 0 aliphatic carbocycles. The third-order valence-electron chi connectivity index (χ3n) is 5.74. The first-order chi connectivity index (χ1) is 16.5. The number of amides is 1. The second-order valence-electron chi connectivity index (χ2n) is 8.28. The van der Waals surface area contributed by atoms with Gasteiger partial charge in [-0.15, -0.1) is 0 Å². The number of aromatic nitrogens is 5. The van der Waals surface area contributed by atoms with Crippen molar-refractivity contribution in [2.24, 2.45) is 5.73 Å². The number of nitrogens with two attached hydrogens (primary N) is 2. The lowest BCUT2D eigenvalue weighted by Crippen LogP contribution is -2.32. The number of carbonyl (C=O) groups excluding carboxylic acids is 1. The minimum absolute atomic E-state index is 0.0161. The maximum absolute atomic E-state index is 13.5. The van der Waals surface area contributed by atoms with Crippen molar-refractivity contribution in [3.63, 3.8) is 0 Å². The molecule has 1 unspecified atom stereocenters. The molecule has 1 aliphatic heterocycles. The van der Waals surface area contributed by atoms with E-state index in [1.165, 1.54) is 0 Å². The van der Waals surface area contributed by atoms with Gasteiger partial charge < -0.3 is 20.9 Å². The number of hydrogen-bond acceptors (Lipinski definition) is 8. The molecule has 178 valence electrons. The van der Waals surface area contributed by atoms with Gasteiger partial charge in [-0.3, -0.25) is 9.78 Å². The van der Waals surface area contributed by atoms with Gasteiger partial charge in [0.2, 0.25) is 0 Å². The molecule has 34 heavy (non-hydrogen) atoms. The van der Waals surface area contributed by atoms with Crippen molar-refractivity contribution in [3.05, 3.63) is 42.1 Å². The fraction of sp³-hybridized carbons (Fsp3) is 0.375. The van der Waals surface area contributed by atoms with Gasteiger partial charge in [-0.25, -0.2) is 9.61 Å². The molecule has 1 amide bonds. The Labute approximate surface area is 197 Å². The number of imidazole rings is 1. The minimum Gasteiger partial charge on any atom is -0.379 e. The van der Waals surface area contributed by atoms with Crippen LogP contribution in [-0.2, 0) is 0 Å². The summed E-state index contributed by atoms with van der Waals surface area (Å²) in [5.74, 6) is 0.496. The molecule has 0 radical (unpaired) electrons. The first-order valence-electron chi connectivity index (χ1n) is 11.5. The van der Waals surface area contributed by atoms with E-state index in [2.05, 4.69) is 15.3 Å². The van der Waals surface area contributed by atoms with Crippen LogP contribution in [0.3, 0.4) is 0 Å². The van der Waals surface area contributed by atoms with E-state index in [0.717, 1.165) is 12.0 Å². The van der Waals surface area contributed by atoms with E-state index in [9.17, 15) is 4.79 Å². The molecule has 0 spiro atoms. The minimum atomic E-state index is -0.116. The van der Waals surface area contributed by atoms with E-state index in [1.54, 1.807) is 11.1 Å². The highest BCUT2D eigenvalue weighted by atomic mass is 16.6. The summed E-state index contributed by atoms with van der Waals surface area (Å²) in [7, 11) is 0. The lowest BCUT2D eigenvalue weighted by molar-refractivity contribution is 0.0792. The van der Waals surface area contributed by atoms with Crippen LogP contribution in [0.1, 0.15) is 50.5 Å². The summed E-state index contributed by atoms with van der Waals surface area (Å²) in [4.78, 5) is 24.8. The second-order valence-corrected chi connectivity index (χ2v) is 8.28. The van der Waals surface area contributed by atoms with Crippen molar-refractivity contribution in [2.75, 3.05) is 18.8 Å². The largest absolute Gasteiger partial charge is 0.379 e. The van der Waals surface area contributed by atoms with Gasteiger partial charge in [-0.05, 0) is 30.6 Å². The number of anilines is 1. The highest BCUT2D eigenvalue weighted by Crippen LogP contribution is 2.36. The van der Waals surface area contributed by atoms with E-state index in [4.69, 9.17) is 21.1 Å². The predicted molar refractivity (Wildman–Crippen MR) is 131 cm³/mol. The summed E-state index contributed by atoms with van der Waals surface area (Å²) in [6, 6.07) is 9.67. The van der Waals surface area contributed by atoms with Crippen LogP contribution in [0.4, 0.5) is 5.82 Å². The Bertz CT molecular complexity index is 1300. The Balaban J connectivity index is 0.00000133. The van der Waals surface area contributed by atoms with Crippen LogP contribution >= 0.6 is 0 Å². The third-order valence-corrected chi connectivity index (χ3v) is 5.74. The van der Waals surface area contributed by atoms with Crippen LogP contribution in [0.5, 0.6) is 0 Å². The molecule has 4 N–H and O–H groups in total. The van der Waals surface area contributed by atoms with Crippen LogP contribution in [0.2, 0.25) is 0 Å². The fourth-order valence-corrected chi connectivity index (χ4v) is 4.23. The van der Waals surface area contributed by atoms with Gasteiger partial charge in [0.05, 0.1) is 16.8 Å². The second kappa shape index (κ2) is 9.60. The number of likely N-dealkylation sites (tertiary alicyclic amines) is 1. The number of hydrogen-bond donors (Lipinski definition) is 2. The predicted octanol–water partition coefficient (Wildman–Crippen LogP) is 3.51. The number of carbonyl (C=O) groups is 1. The van der Waals surface area contributed by atoms with Crippen LogP contribution < -0.4 is 11.5 Å². The van der Waals surface area contributed by atoms with E-state index >= 15 is 0 Å². The van der Waals surface area contributed by atoms with Crippen LogP contribution in [0, 0.1) is 0 Å². The van der Waals surface area contributed by atoms with Gasteiger partial charge in [-0.2, -0.15) is 0 Å². The van der Waals surface area contributed by atoms with Crippen LogP contribution in [-0.4, -0.2) is 54.8 Å². The molecule has 10 nitrogen and oxygen atoms in total. The molecule has 10 heteroatoms. The molecule has 1 aliphatic rings. The molecule has 5 rings (SSSR count). The fourth-order valence-electron chi connectivity index (χ4n) is 4.23. The summed E-state index contributed by atoms with van der Waals surface area (Å²) in [6.07, 6.45) is 2.41. The van der Waals surface area contributed by atoms with Gasteiger partial charge >= 0.3 is 0 Å². The molecule has 1 saturated heterocycles. The maximum atomic E-state index is 13.5. The van der Waals surface area contributed by atoms with Gasteiger partial charge in [0.15, 0.2) is 17.3 Å². The van der Waals surface area contributed by atoms with E-state index in [1.807, 2.05) is 62.6 Å². The molecular weight excluding hydrogens is 432 g/mol. The van der Waals surface area contributed by atoms with Gasteiger partial charge in [0.1, 0.15) is 5.52 Å². The summed E-state index contributed by atoms with van der Waals surface area (Å²) in [5.41, 5.74) is 15.7. The smallest absolute Gasteiger partial charge is 0.257 e. The molecule has 3 aromatic heterocycles. The summed E-state index contributed by atoms with van der Waals surface area (Å²) >= 11 is 0. The van der Waals surface area contributed by atoms with Crippen LogP contribution in [0.25, 0.3) is 33.8 Å². The highest BCUT2D eigenvalue weighted by molar-refractivity contribution is 6.08. The molecule has 1 fully saturated rings. The topological polar surface area (TPSA) is 142 Å². The zero-order valence-electron chi connectivity index (χ0n) is 19.9. The zero-order chi connectivity index (χ0) is 24.4. The van der Waals surface area contributed by atoms with E-state index < -0.39 is 0 Å². The third kappa shape index (κ3) is 4.01. The van der Waals surface area contributed by atoms with E-state index in [-0.39, 0.29) is 23.8 Å². The molecular formula is C24H30N8O2. The number of fused-ring (bicyclic) bond motifs is 1. The van der Waals surface area contributed by atoms with Gasteiger partial charge in [0.25, 0.3) is 5.91 Å². The Morgan fingerprint density at radius 2 is 1.88 bits per heavy atom. The van der Waals surface area contributed by atoms with Crippen molar-refractivity contribution in [3.8, 4) is 22.8 Å². The molecule has 4 aromatic rings. The molecule has 1 aromatic carbocycles. The number of benzene rings is 1. The number of rotatable bonds is 4. The summed E-state index contributed by atoms with van der Waals surface area (Å²) in [5, 5.41) is 7.67. The SMILES string of the molecule is CC.CC(C)n1c(-c2nonc2N)nc2c(-c3ccccc3)ncc(C(=O)N3CCC(N)C3)c21. The average Bonchev–Trinajstić information content (AvgIpc) is 3.57. The molecule has 4 heterocycles. The van der Waals surface area contributed by atoms with Gasteiger partial charge in [-0.1, -0.05) is 44.2 Å². The lowest BCUT2D eigenvalue weighted by Gasteiger charge is -2.19. The Morgan fingerprint density at radius 1 is 1.15 bits per heavy atom. The molecule has 0 saturated carbocycles. The van der Waals surface area contributed by atoms with Crippen LogP contribution in [0.15, 0.2) is 41.2 Å². The van der Waals surface area contributed by atoms with Crippen molar-refractivity contribution >= 4 is 22.8 Å².